The smallest absolute Gasteiger partial charge is 0.326 e. The summed E-state index contributed by atoms with van der Waals surface area (Å²) in [5.74, 6) is -1.37. The minimum atomic E-state index is -0.979. The van der Waals surface area contributed by atoms with Gasteiger partial charge in [-0.25, -0.2) is 9.78 Å². The topological polar surface area (TPSA) is 79.3 Å². The average molecular weight is 405 g/mol. The number of pyridine rings is 1. The van der Waals surface area contributed by atoms with E-state index in [4.69, 9.17) is 0 Å². The Balaban J connectivity index is 2.43. The van der Waals surface area contributed by atoms with E-state index in [1.165, 1.54) is 44.9 Å². The number of unbranched alkanes of at least 4 members (excludes halogenated alkanes) is 10. The third-order valence-corrected chi connectivity index (χ3v) is 5.28. The van der Waals surface area contributed by atoms with Gasteiger partial charge in [0.1, 0.15) is 11.7 Å². The van der Waals surface area contributed by atoms with Crippen molar-refractivity contribution in [1.29, 1.82) is 0 Å². The fourth-order valence-corrected chi connectivity index (χ4v) is 3.45. The molecule has 0 saturated carbocycles. The molecule has 164 valence electrons. The van der Waals surface area contributed by atoms with Crippen LogP contribution in [0.15, 0.2) is 18.2 Å². The summed E-state index contributed by atoms with van der Waals surface area (Å²) in [5, 5.41) is 12.1. The van der Waals surface area contributed by atoms with Crippen molar-refractivity contribution in [3.63, 3.8) is 0 Å². The van der Waals surface area contributed by atoms with Crippen molar-refractivity contribution in [1.82, 2.24) is 10.3 Å². The lowest BCUT2D eigenvalue weighted by atomic mass is 10.1. The number of carbonyl (C=O) groups is 2. The second kappa shape index (κ2) is 15.9. The molecule has 0 aliphatic rings. The standard InChI is InChI=1S/C24H40N2O3/c1-3-5-7-9-10-12-13-16-20-17-15-19-21(25-20)23(27)26-22(24(28)29)18-14-11-8-6-4-2/h15,17,19,22H,3-14,16,18H2,1-2H3,(H,26,27)(H,28,29). The van der Waals surface area contributed by atoms with E-state index in [1.807, 2.05) is 12.1 Å². The van der Waals surface area contributed by atoms with Crippen LogP contribution >= 0.6 is 0 Å². The van der Waals surface area contributed by atoms with Gasteiger partial charge in [-0.2, -0.15) is 0 Å². The minimum Gasteiger partial charge on any atom is -0.480 e. The van der Waals surface area contributed by atoms with E-state index >= 15 is 0 Å². The highest BCUT2D eigenvalue weighted by molar-refractivity contribution is 5.94. The molecule has 1 rings (SSSR count). The maximum Gasteiger partial charge on any atom is 0.326 e. The Morgan fingerprint density at radius 1 is 0.897 bits per heavy atom. The fraction of sp³-hybridized carbons (Fsp3) is 0.708. The number of aryl methyl sites for hydroxylation is 1. The van der Waals surface area contributed by atoms with Gasteiger partial charge in [-0.05, 0) is 31.4 Å². The molecule has 5 nitrogen and oxygen atoms in total. The Hall–Kier alpha value is -1.91. The number of carbonyl (C=O) groups excluding carboxylic acids is 1. The lowest BCUT2D eigenvalue weighted by Crippen LogP contribution is -2.41. The summed E-state index contributed by atoms with van der Waals surface area (Å²) in [5.41, 5.74) is 1.21. The number of amides is 1. The van der Waals surface area contributed by atoms with E-state index in [0.717, 1.165) is 44.2 Å². The van der Waals surface area contributed by atoms with Crippen molar-refractivity contribution in [2.75, 3.05) is 0 Å². The fourth-order valence-electron chi connectivity index (χ4n) is 3.45. The lowest BCUT2D eigenvalue weighted by Gasteiger charge is -2.14. The Kier molecular flexibility index (Phi) is 13.8. The Bertz CT molecular complexity index is 589. The number of nitrogens with zero attached hydrogens (tertiary/aromatic N) is 1. The van der Waals surface area contributed by atoms with Crippen LogP contribution in [-0.4, -0.2) is 28.0 Å². The zero-order valence-electron chi connectivity index (χ0n) is 18.4. The molecule has 0 aromatic carbocycles. The van der Waals surface area contributed by atoms with Crippen LogP contribution < -0.4 is 5.32 Å². The number of hydrogen-bond donors (Lipinski definition) is 2. The van der Waals surface area contributed by atoms with E-state index in [9.17, 15) is 14.7 Å². The van der Waals surface area contributed by atoms with Gasteiger partial charge < -0.3 is 10.4 Å². The van der Waals surface area contributed by atoms with Crippen LogP contribution in [0.25, 0.3) is 0 Å². The Morgan fingerprint density at radius 3 is 2.10 bits per heavy atom. The van der Waals surface area contributed by atoms with E-state index in [-0.39, 0.29) is 0 Å². The predicted molar refractivity (Wildman–Crippen MR) is 118 cm³/mol. The van der Waals surface area contributed by atoms with Crippen molar-refractivity contribution in [3.8, 4) is 0 Å². The van der Waals surface area contributed by atoms with Crippen molar-refractivity contribution < 1.29 is 14.7 Å². The molecule has 0 aliphatic carbocycles. The van der Waals surface area contributed by atoms with Crippen LogP contribution in [0.2, 0.25) is 0 Å². The summed E-state index contributed by atoms with van der Waals surface area (Å²) in [6.07, 6.45) is 15.2. The number of nitrogens with one attached hydrogen (secondary N) is 1. The summed E-state index contributed by atoms with van der Waals surface area (Å²) in [4.78, 5) is 28.4. The average Bonchev–Trinajstić information content (AvgIpc) is 2.72. The second-order valence-corrected chi connectivity index (χ2v) is 7.95. The van der Waals surface area contributed by atoms with Crippen LogP contribution in [0.1, 0.15) is 114 Å². The summed E-state index contributed by atoms with van der Waals surface area (Å²) in [6.45, 7) is 4.37. The van der Waals surface area contributed by atoms with Gasteiger partial charge in [0.25, 0.3) is 5.91 Å². The highest BCUT2D eigenvalue weighted by atomic mass is 16.4. The highest BCUT2D eigenvalue weighted by Gasteiger charge is 2.20. The van der Waals surface area contributed by atoms with Gasteiger partial charge in [0, 0.05) is 5.69 Å². The maximum atomic E-state index is 12.5. The van der Waals surface area contributed by atoms with Gasteiger partial charge in [-0.1, -0.05) is 90.5 Å². The molecule has 0 spiro atoms. The number of hydrogen-bond acceptors (Lipinski definition) is 3. The molecule has 0 saturated heterocycles. The molecular weight excluding hydrogens is 364 g/mol. The van der Waals surface area contributed by atoms with Gasteiger partial charge in [0.05, 0.1) is 0 Å². The molecule has 0 radical (unpaired) electrons. The van der Waals surface area contributed by atoms with Crippen molar-refractivity contribution in [2.45, 2.75) is 110 Å². The third-order valence-electron chi connectivity index (χ3n) is 5.28. The SMILES string of the molecule is CCCCCCCCCc1cccc(C(=O)NC(CCCCCCC)C(=O)O)n1. The predicted octanol–water partition coefficient (Wildman–Crippen LogP) is 5.92. The van der Waals surface area contributed by atoms with Gasteiger partial charge in [-0.15, -0.1) is 0 Å². The number of carboxylic acid groups (broad SMARTS) is 1. The highest BCUT2D eigenvalue weighted by Crippen LogP contribution is 2.11. The van der Waals surface area contributed by atoms with E-state index in [1.54, 1.807) is 6.07 Å². The first-order valence-electron chi connectivity index (χ1n) is 11.6. The summed E-state index contributed by atoms with van der Waals surface area (Å²) >= 11 is 0. The van der Waals surface area contributed by atoms with Gasteiger partial charge in [-0.3, -0.25) is 4.79 Å². The Morgan fingerprint density at radius 2 is 1.48 bits per heavy atom. The number of carboxylic acids is 1. The molecule has 1 amide bonds. The molecule has 1 atom stereocenters. The largest absolute Gasteiger partial charge is 0.480 e. The van der Waals surface area contributed by atoms with Crippen molar-refractivity contribution >= 4 is 11.9 Å². The van der Waals surface area contributed by atoms with Crippen LogP contribution in [0.4, 0.5) is 0 Å². The van der Waals surface area contributed by atoms with Crippen molar-refractivity contribution in [3.05, 3.63) is 29.6 Å². The molecule has 1 aromatic heterocycles. The first-order valence-corrected chi connectivity index (χ1v) is 11.6. The molecule has 0 bridgehead atoms. The lowest BCUT2D eigenvalue weighted by molar-refractivity contribution is -0.139. The molecule has 2 N–H and O–H groups in total. The first-order chi connectivity index (χ1) is 14.1. The first kappa shape index (κ1) is 25.1. The van der Waals surface area contributed by atoms with Crippen LogP contribution in [0.5, 0.6) is 0 Å². The molecule has 1 aromatic rings. The molecule has 5 heteroatoms. The van der Waals surface area contributed by atoms with Gasteiger partial charge in [0.15, 0.2) is 0 Å². The van der Waals surface area contributed by atoms with E-state index in [2.05, 4.69) is 24.1 Å². The Labute approximate surface area is 176 Å². The van der Waals surface area contributed by atoms with Crippen LogP contribution in [0, 0.1) is 0 Å². The summed E-state index contributed by atoms with van der Waals surface area (Å²) < 4.78 is 0. The maximum absolute atomic E-state index is 12.5. The number of aliphatic carboxylic acids is 1. The molecule has 0 fully saturated rings. The normalized spacial score (nSPS) is 11.9. The van der Waals surface area contributed by atoms with Gasteiger partial charge in [0.2, 0.25) is 0 Å². The third kappa shape index (κ3) is 11.6. The van der Waals surface area contributed by atoms with Crippen LogP contribution in [-0.2, 0) is 11.2 Å². The zero-order valence-corrected chi connectivity index (χ0v) is 18.4. The minimum absolute atomic E-state index is 0.308. The van der Waals surface area contributed by atoms with Gasteiger partial charge >= 0.3 is 5.97 Å². The molecule has 1 heterocycles. The monoisotopic (exact) mass is 404 g/mol. The summed E-state index contributed by atoms with van der Waals surface area (Å²) in [6, 6.07) is 4.58. The quantitative estimate of drug-likeness (QED) is 0.316. The number of aromatic nitrogens is 1. The molecule has 0 aliphatic heterocycles. The summed E-state index contributed by atoms with van der Waals surface area (Å²) in [7, 11) is 0. The zero-order chi connectivity index (χ0) is 21.3. The van der Waals surface area contributed by atoms with E-state index in [0.29, 0.717) is 12.1 Å². The van der Waals surface area contributed by atoms with E-state index < -0.39 is 17.9 Å². The second-order valence-electron chi connectivity index (χ2n) is 7.95. The van der Waals surface area contributed by atoms with Crippen LogP contribution in [0.3, 0.4) is 0 Å². The van der Waals surface area contributed by atoms with Crippen molar-refractivity contribution in [2.24, 2.45) is 0 Å². The molecule has 29 heavy (non-hydrogen) atoms. The number of rotatable bonds is 17. The molecule has 1 unspecified atom stereocenters. The molecular formula is C24H40N2O3.